The molecular weight excluding hydrogens is 158 g/mol. The van der Waals surface area contributed by atoms with E-state index in [9.17, 15) is 0 Å². The molecule has 0 amide bonds. The Morgan fingerprint density at radius 1 is 1.18 bits per heavy atom. The van der Waals surface area contributed by atoms with Crippen LogP contribution >= 0.6 is 12.4 Å². The molecule has 0 radical (unpaired) electrons. The third kappa shape index (κ3) is 2.64. The molecular formula is C9H20ClN. The number of rotatable bonds is 1. The summed E-state index contributed by atoms with van der Waals surface area (Å²) < 4.78 is 0. The minimum atomic E-state index is 0. The molecule has 0 aliphatic carbocycles. The SMILES string of the molecule is CC(C)C1(C)CCNCC1.Cl. The molecule has 2 heteroatoms. The van der Waals surface area contributed by atoms with E-state index < -0.39 is 0 Å². The average molecular weight is 178 g/mol. The average Bonchev–Trinajstić information content (AvgIpc) is 1.89. The molecule has 1 N–H and O–H groups in total. The van der Waals surface area contributed by atoms with Crippen LogP contribution in [-0.4, -0.2) is 13.1 Å². The highest BCUT2D eigenvalue weighted by atomic mass is 35.5. The normalized spacial score (nSPS) is 22.9. The second kappa shape index (κ2) is 4.32. The van der Waals surface area contributed by atoms with Gasteiger partial charge < -0.3 is 5.32 Å². The van der Waals surface area contributed by atoms with Crippen molar-refractivity contribution in [1.82, 2.24) is 5.32 Å². The van der Waals surface area contributed by atoms with Crippen LogP contribution in [0, 0.1) is 11.3 Å². The summed E-state index contributed by atoms with van der Waals surface area (Å²) in [6.07, 6.45) is 2.70. The maximum atomic E-state index is 3.39. The quantitative estimate of drug-likeness (QED) is 0.649. The molecule has 1 heterocycles. The fourth-order valence-electron chi connectivity index (χ4n) is 1.58. The Bertz CT molecular complexity index is 106. The molecule has 1 aliphatic rings. The smallest absolute Gasteiger partial charge is 0.00436 e. The van der Waals surface area contributed by atoms with Crippen molar-refractivity contribution >= 4 is 12.4 Å². The highest BCUT2D eigenvalue weighted by Gasteiger charge is 2.29. The van der Waals surface area contributed by atoms with E-state index in [2.05, 4.69) is 26.1 Å². The fraction of sp³-hybridized carbons (Fsp3) is 1.00. The maximum Gasteiger partial charge on any atom is -0.00436 e. The highest BCUT2D eigenvalue weighted by Crippen LogP contribution is 2.35. The topological polar surface area (TPSA) is 12.0 Å². The number of piperidine rings is 1. The van der Waals surface area contributed by atoms with Crippen molar-refractivity contribution in [3.8, 4) is 0 Å². The van der Waals surface area contributed by atoms with Crippen molar-refractivity contribution in [2.24, 2.45) is 11.3 Å². The third-order valence-electron chi connectivity index (χ3n) is 3.14. The summed E-state index contributed by atoms with van der Waals surface area (Å²) in [5.41, 5.74) is 0.616. The summed E-state index contributed by atoms with van der Waals surface area (Å²) in [6.45, 7) is 9.53. The second-order valence-electron chi connectivity index (χ2n) is 4.06. The van der Waals surface area contributed by atoms with Gasteiger partial charge >= 0.3 is 0 Å². The first-order chi connectivity index (χ1) is 4.65. The molecule has 0 unspecified atom stereocenters. The minimum Gasteiger partial charge on any atom is -0.317 e. The van der Waals surface area contributed by atoms with Gasteiger partial charge in [-0.3, -0.25) is 0 Å². The molecule has 1 nitrogen and oxygen atoms in total. The van der Waals surface area contributed by atoms with E-state index in [0.29, 0.717) is 5.41 Å². The zero-order valence-electron chi connectivity index (χ0n) is 7.81. The lowest BCUT2D eigenvalue weighted by Crippen LogP contribution is -2.37. The highest BCUT2D eigenvalue weighted by molar-refractivity contribution is 5.85. The van der Waals surface area contributed by atoms with Gasteiger partial charge in [0.15, 0.2) is 0 Å². The lowest BCUT2D eigenvalue weighted by atomic mass is 9.72. The predicted octanol–water partition coefficient (Wildman–Crippen LogP) is 2.45. The van der Waals surface area contributed by atoms with Gasteiger partial charge in [0.1, 0.15) is 0 Å². The first kappa shape index (κ1) is 11.2. The Balaban J connectivity index is 0.000001000. The lowest BCUT2D eigenvalue weighted by Gasteiger charge is -2.37. The molecule has 0 atom stereocenters. The van der Waals surface area contributed by atoms with Gasteiger partial charge in [0, 0.05) is 0 Å². The van der Waals surface area contributed by atoms with Gasteiger partial charge in [-0.25, -0.2) is 0 Å². The lowest BCUT2D eigenvalue weighted by molar-refractivity contribution is 0.154. The summed E-state index contributed by atoms with van der Waals surface area (Å²) in [5, 5.41) is 3.39. The van der Waals surface area contributed by atoms with Crippen LogP contribution in [0.5, 0.6) is 0 Å². The molecule has 0 aromatic carbocycles. The molecule has 0 aromatic rings. The Kier molecular flexibility index (Phi) is 4.42. The van der Waals surface area contributed by atoms with Gasteiger partial charge in [-0.1, -0.05) is 20.8 Å². The first-order valence-corrected chi connectivity index (χ1v) is 4.36. The van der Waals surface area contributed by atoms with Crippen LogP contribution in [0.4, 0.5) is 0 Å². The zero-order chi connectivity index (χ0) is 7.61. The Morgan fingerprint density at radius 2 is 1.64 bits per heavy atom. The largest absolute Gasteiger partial charge is 0.317 e. The minimum absolute atomic E-state index is 0. The number of halogens is 1. The van der Waals surface area contributed by atoms with Crippen LogP contribution in [0.15, 0.2) is 0 Å². The van der Waals surface area contributed by atoms with Crippen molar-refractivity contribution in [3.63, 3.8) is 0 Å². The van der Waals surface area contributed by atoms with Gasteiger partial charge in [0.05, 0.1) is 0 Å². The number of hydrogen-bond acceptors (Lipinski definition) is 1. The molecule has 68 valence electrons. The number of hydrogen-bond donors (Lipinski definition) is 1. The van der Waals surface area contributed by atoms with E-state index >= 15 is 0 Å². The van der Waals surface area contributed by atoms with Crippen LogP contribution < -0.4 is 5.32 Å². The van der Waals surface area contributed by atoms with Crippen LogP contribution in [0.25, 0.3) is 0 Å². The first-order valence-electron chi connectivity index (χ1n) is 4.36. The monoisotopic (exact) mass is 177 g/mol. The van der Waals surface area contributed by atoms with E-state index in [-0.39, 0.29) is 12.4 Å². The van der Waals surface area contributed by atoms with Crippen molar-refractivity contribution in [1.29, 1.82) is 0 Å². The standard InChI is InChI=1S/C9H19N.ClH/c1-8(2)9(3)4-6-10-7-5-9;/h8,10H,4-7H2,1-3H3;1H. The van der Waals surface area contributed by atoms with Crippen molar-refractivity contribution in [2.75, 3.05) is 13.1 Å². The van der Waals surface area contributed by atoms with Gasteiger partial charge in [-0.15, -0.1) is 12.4 Å². The van der Waals surface area contributed by atoms with Gasteiger partial charge in [0.2, 0.25) is 0 Å². The van der Waals surface area contributed by atoms with Crippen LogP contribution in [0.1, 0.15) is 33.6 Å². The Hall–Kier alpha value is 0.250. The molecule has 0 spiro atoms. The van der Waals surface area contributed by atoms with Gasteiger partial charge in [-0.2, -0.15) is 0 Å². The molecule has 1 saturated heterocycles. The van der Waals surface area contributed by atoms with Crippen molar-refractivity contribution in [3.05, 3.63) is 0 Å². The molecule has 1 aliphatic heterocycles. The van der Waals surface area contributed by atoms with E-state index in [1.54, 1.807) is 0 Å². The molecule has 0 saturated carbocycles. The van der Waals surface area contributed by atoms with E-state index in [4.69, 9.17) is 0 Å². The van der Waals surface area contributed by atoms with Crippen LogP contribution in [0.2, 0.25) is 0 Å². The van der Waals surface area contributed by atoms with Crippen molar-refractivity contribution < 1.29 is 0 Å². The van der Waals surface area contributed by atoms with Gasteiger partial charge in [0.25, 0.3) is 0 Å². The number of nitrogens with one attached hydrogen (secondary N) is 1. The van der Waals surface area contributed by atoms with E-state index in [1.807, 2.05) is 0 Å². The third-order valence-corrected chi connectivity index (χ3v) is 3.14. The molecule has 0 bridgehead atoms. The molecule has 1 rings (SSSR count). The van der Waals surface area contributed by atoms with Crippen LogP contribution in [0.3, 0.4) is 0 Å². The van der Waals surface area contributed by atoms with Crippen LogP contribution in [-0.2, 0) is 0 Å². The van der Waals surface area contributed by atoms with Crippen molar-refractivity contribution in [2.45, 2.75) is 33.6 Å². The molecule has 0 aromatic heterocycles. The van der Waals surface area contributed by atoms with E-state index in [0.717, 1.165) is 5.92 Å². The predicted molar refractivity (Wildman–Crippen MR) is 52.3 cm³/mol. The van der Waals surface area contributed by atoms with E-state index in [1.165, 1.54) is 25.9 Å². The Morgan fingerprint density at radius 3 is 1.91 bits per heavy atom. The summed E-state index contributed by atoms with van der Waals surface area (Å²) in [7, 11) is 0. The Labute approximate surface area is 76.4 Å². The molecule has 1 fully saturated rings. The summed E-state index contributed by atoms with van der Waals surface area (Å²) in [6, 6.07) is 0. The summed E-state index contributed by atoms with van der Waals surface area (Å²) >= 11 is 0. The summed E-state index contributed by atoms with van der Waals surface area (Å²) in [4.78, 5) is 0. The second-order valence-corrected chi connectivity index (χ2v) is 4.06. The molecule has 11 heavy (non-hydrogen) atoms. The summed E-state index contributed by atoms with van der Waals surface area (Å²) in [5.74, 6) is 0.842. The zero-order valence-corrected chi connectivity index (χ0v) is 8.63. The van der Waals surface area contributed by atoms with Gasteiger partial charge in [-0.05, 0) is 37.3 Å². The fourth-order valence-corrected chi connectivity index (χ4v) is 1.58. The maximum absolute atomic E-state index is 3.39.